The molecule has 3 N–H and O–H groups in total. The monoisotopic (exact) mass is 359 g/mol. The highest BCUT2D eigenvalue weighted by atomic mass is 19.1. The number of benzene rings is 2. The summed E-state index contributed by atoms with van der Waals surface area (Å²) in [5, 5.41) is 9.40. The number of aliphatic hydroxyl groups excluding tert-OH is 1. The van der Waals surface area contributed by atoms with Crippen molar-refractivity contribution >= 4 is 0 Å². The lowest BCUT2D eigenvalue weighted by atomic mass is 9.94. The second-order valence-corrected chi connectivity index (χ2v) is 7.10. The summed E-state index contributed by atoms with van der Waals surface area (Å²) >= 11 is 0. The number of rotatable bonds is 7. The predicted octanol–water partition coefficient (Wildman–Crippen LogP) is 3.41. The van der Waals surface area contributed by atoms with Crippen molar-refractivity contribution in [1.29, 1.82) is 0 Å². The van der Waals surface area contributed by atoms with Crippen LogP contribution in [0.5, 0.6) is 11.5 Å². The molecule has 0 saturated heterocycles. The predicted molar refractivity (Wildman–Crippen MR) is 99.2 cm³/mol. The molecular formula is C21H26FNO3. The molecule has 2 aromatic rings. The van der Waals surface area contributed by atoms with Gasteiger partial charge in [0.25, 0.3) is 0 Å². The van der Waals surface area contributed by atoms with E-state index in [1.165, 1.54) is 18.7 Å². The van der Waals surface area contributed by atoms with Gasteiger partial charge >= 0.3 is 0 Å². The fourth-order valence-corrected chi connectivity index (χ4v) is 3.57. The summed E-state index contributed by atoms with van der Waals surface area (Å²) in [6.07, 6.45) is 3.29. The van der Waals surface area contributed by atoms with E-state index in [0.717, 1.165) is 30.6 Å². The number of aliphatic hydroxyl groups is 1. The van der Waals surface area contributed by atoms with Crippen molar-refractivity contribution in [3.8, 4) is 11.5 Å². The average Bonchev–Trinajstić information content (AvgIpc) is 3.05. The largest absolute Gasteiger partial charge is 0.494 e. The van der Waals surface area contributed by atoms with Crippen LogP contribution in [0.3, 0.4) is 0 Å². The van der Waals surface area contributed by atoms with E-state index < -0.39 is 5.54 Å². The molecule has 1 aliphatic carbocycles. The summed E-state index contributed by atoms with van der Waals surface area (Å²) in [5.74, 6) is 1.08. The quantitative estimate of drug-likeness (QED) is 0.795. The Bertz CT molecular complexity index is 735. The van der Waals surface area contributed by atoms with E-state index in [1.54, 1.807) is 6.07 Å². The van der Waals surface area contributed by atoms with Crippen LogP contribution in [-0.4, -0.2) is 31.0 Å². The van der Waals surface area contributed by atoms with E-state index in [9.17, 15) is 9.50 Å². The minimum atomic E-state index is -0.437. The molecule has 0 bridgehead atoms. The number of ether oxygens (including phenoxy) is 2. The number of halogens is 1. The van der Waals surface area contributed by atoms with Gasteiger partial charge in [-0.25, -0.2) is 4.39 Å². The Hall–Kier alpha value is -2.11. The van der Waals surface area contributed by atoms with Crippen molar-refractivity contribution in [2.24, 2.45) is 5.73 Å². The minimum Gasteiger partial charge on any atom is -0.494 e. The molecule has 0 radical (unpaired) electrons. The van der Waals surface area contributed by atoms with Gasteiger partial charge in [0.1, 0.15) is 5.75 Å². The van der Waals surface area contributed by atoms with E-state index in [1.807, 2.05) is 18.2 Å². The smallest absolute Gasteiger partial charge is 0.165 e. The van der Waals surface area contributed by atoms with Gasteiger partial charge in [0.15, 0.2) is 11.6 Å². The first kappa shape index (κ1) is 18.7. The first-order valence-electron chi connectivity index (χ1n) is 8.98. The standard InChI is InChI=1S/C21H26FNO3/c1-25-20-7-2-15(12-19(20)22)9-11-26-18-5-3-16(4-6-18)17-8-10-21(23,13-17)14-24/h2-7,12,17,24H,8-11,13-14,23H2,1H3/t17-,21+/m1/s1. The van der Waals surface area contributed by atoms with Crippen LogP contribution in [0.25, 0.3) is 0 Å². The van der Waals surface area contributed by atoms with Crippen molar-refractivity contribution in [3.05, 3.63) is 59.4 Å². The highest BCUT2D eigenvalue weighted by Gasteiger charge is 2.35. The van der Waals surface area contributed by atoms with E-state index in [-0.39, 0.29) is 18.2 Å². The second kappa shape index (κ2) is 8.06. The maximum Gasteiger partial charge on any atom is 0.165 e. The Morgan fingerprint density at radius 3 is 2.62 bits per heavy atom. The van der Waals surface area contributed by atoms with Crippen LogP contribution in [0.15, 0.2) is 42.5 Å². The highest BCUT2D eigenvalue weighted by Crippen LogP contribution is 2.39. The molecular weight excluding hydrogens is 333 g/mol. The number of methoxy groups -OCH3 is 1. The third-order valence-corrected chi connectivity index (χ3v) is 5.19. The van der Waals surface area contributed by atoms with Crippen molar-refractivity contribution in [3.63, 3.8) is 0 Å². The Morgan fingerprint density at radius 2 is 2.00 bits per heavy atom. The summed E-state index contributed by atoms with van der Waals surface area (Å²) in [4.78, 5) is 0. The molecule has 26 heavy (non-hydrogen) atoms. The van der Waals surface area contributed by atoms with Crippen LogP contribution in [-0.2, 0) is 6.42 Å². The maximum atomic E-state index is 13.7. The van der Waals surface area contributed by atoms with Crippen molar-refractivity contribution in [2.75, 3.05) is 20.3 Å². The molecule has 1 fully saturated rings. The van der Waals surface area contributed by atoms with Gasteiger partial charge in [-0.3, -0.25) is 0 Å². The summed E-state index contributed by atoms with van der Waals surface area (Å²) in [5.41, 5.74) is 7.82. The molecule has 1 saturated carbocycles. The SMILES string of the molecule is COc1ccc(CCOc2ccc([C@@H]3CC[C@@](N)(CO)C3)cc2)cc1F. The Balaban J connectivity index is 1.51. The average molecular weight is 359 g/mol. The lowest BCUT2D eigenvalue weighted by molar-refractivity contribution is 0.198. The third kappa shape index (κ3) is 4.34. The zero-order valence-corrected chi connectivity index (χ0v) is 15.1. The molecule has 2 aromatic carbocycles. The molecule has 0 aliphatic heterocycles. The first-order valence-corrected chi connectivity index (χ1v) is 8.98. The number of hydrogen-bond acceptors (Lipinski definition) is 4. The maximum absolute atomic E-state index is 13.7. The van der Waals surface area contributed by atoms with E-state index in [2.05, 4.69) is 12.1 Å². The van der Waals surface area contributed by atoms with Crippen molar-refractivity contribution in [1.82, 2.24) is 0 Å². The van der Waals surface area contributed by atoms with Gasteiger partial charge in [0, 0.05) is 12.0 Å². The van der Waals surface area contributed by atoms with Crippen LogP contribution in [0.2, 0.25) is 0 Å². The molecule has 1 aliphatic rings. The highest BCUT2D eigenvalue weighted by molar-refractivity contribution is 5.31. The zero-order chi connectivity index (χ0) is 18.6. The van der Waals surface area contributed by atoms with Crippen LogP contribution in [0.1, 0.15) is 36.3 Å². The zero-order valence-electron chi connectivity index (χ0n) is 15.1. The van der Waals surface area contributed by atoms with Gasteiger partial charge in [0.2, 0.25) is 0 Å². The summed E-state index contributed by atoms with van der Waals surface area (Å²) in [6, 6.07) is 13.0. The van der Waals surface area contributed by atoms with Crippen molar-refractivity contribution < 1.29 is 19.0 Å². The molecule has 0 unspecified atom stereocenters. The van der Waals surface area contributed by atoms with Gasteiger partial charge in [-0.15, -0.1) is 0 Å². The minimum absolute atomic E-state index is 0.0383. The fourth-order valence-electron chi connectivity index (χ4n) is 3.57. The van der Waals surface area contributed by atoms with E-state index in [0.29, 0.717) is 18.9 Å². The van der Waals surface area contributed by atoms with Crippen LogP contribution in [0.4, 0.5) is 4.39 Å². The molecule has 4 nitrogen and oxygen atoms in total. The molecule has 0 heterocycles. The molecule has 0 spiro atoms. The molecule has 0 aromatic heterocycles. The van der Waals surface area contributed by atoms with Gasteiger partial charge in [0.05, 0.1) is 20.3 Å². The van der Waals surface area contributed by atoms with Gasteiger partial charge < -0.3 is 20.3 Å². The number of hydrogen-bond donors (Lipinski definition) is 2. The van der Waals surface area contributed by atoms with Gasteiger partial charge in [-0.2, -0.15) is 0 Å². The van der Waals surface area contributed by atoms with E-state index in [4.69, 9.17) is 15.2 Å². The van der Waals surface area contributed by atoms with Crippen LogP contribution < -0.4 is 15.2 Å². The lowest BCUT2D eigenvalue weighted by Gasteiger charge is -2.21. The van der Waals surface area contributed by atoms with Crippen LogP contribution in [0, 0.1) is 5.82 Å². The molecule has 5 heteroatoms. The summed E-state index contributed by atoms with van der Waals surface area (Å²) in [7, 11) is 1.45. The Morgan fingerprint density at radius 1 is 1.23 bits per heavy atom. The molecule has 3 rings (SSSR count). The Kier molecular flexibility index (Phi) is 5.79. The molecule has 140 valence electrons. The fraction of sp³-hybridized carbons (Fsp3) is 0.429. The number of nitrogens with two attached hydrogens (primary N) is 1. The van der Waals surface area contributed by atoms with Gasteiger partial charge in [-0.1, -0.05) is 18.2 Å². The summed E-state index contributed by atoms with van der Waals surface area (Å²) < 4.78 is 24.4. The normalized spacial score (nSPS) is 22.4. The van der Waals surface area contributed by atoms with Gasteiger partial charge in [-0.05, 0) is 60.6 Å². The van der Waals surface area contributed by atoms with Crippen LogP contribution >= 0.6 is 0 Å². The van der Waals surface area contributed by atoms with E-state index >= 15 is 0 Å². The topological polar surface area (TPSA) is 64.7 Å². The van der Waals surface area contributed by atoms with Crippen molar-refractivity contribution in [2.45, 2.75) is 37.1 Å². The molecule has 0 amide bonds. The Labute approximate surface area is 153 Å². The lowest BCUT2D eigenvalue weighted by Crippen LogP contribution is -2.40. The molecule has 2 atom stereocenters. The third-order valence-electron chi connectivity index (χ3n) is 5.19. The first-order chi connectivity index (χ1) is 12.5. The summed E-state index contributed by atoms with van der Waals surface area (Å²) in [6.45, 7) is 0.515. The second-order valence-electron chi connectivity index (χ2n) is 7.10.